The quantitative estimate of drug-likeness (QED) is 0.465. The number of nitrogens with one attached hydrogen (secondary N) is 1. The van der Waals surface area contributed by atoms with Gasteiger partial charge in [-0.2, -0.15) is 0 Å². The topological polar surface area (TPSA) is 106 Å². The summed E-state index contributed by atoms with van der Waals surface area (Å²) < 4.78 is 39.9. The SMILES string of the molecule is [2H]C([2H])([2H])c1nc(-c2ccc(NC(=O)[C@H](O)c3cccc(C)c3)cc2F)c2c(N)ncc(C)n12. The number of carbonyl (C=O) groups excluding carboxylic acids is 1. The van der Waals surface area contributed by atoms with Crippen molar-refractivity contribution in [2.75, 3.05) is 11.1 Å². The Labute approximate surface area is 182 Å². The molecule has 2 aromatic heterocycles. The van der Waals surface area contributed by atoms with Crippen molar-refractivity contribution < 1.29 is 18.4 Å². The molecule has 0 aliphatic heterocycles. The molecule has 158 valence electrons. The number of hydrogen-bond donors (Lipinski definition) is 3. The molecule has 2 aromatic carbocycles. The van der Waals surface area contributed by atoms with Gasteiger partial charge in [-0.1, -0.05) is 29.8 Å². The van der Waals surface area contributed by atoms with Crippen LogP contribution in [-0.2, 0) is 4.79 Å². The molecule has 8 heteroatoms. The fourth-order valence-corrected chi connectivity index (χ4v) is 3.46. The van der Waals surface area contributed by atoms with Gasteiger partial charge in [-0.25, -0.2) is 14.4 Å². The summed E-state index contributed by atoms with van der Waals surface area (Å²) in [7, 11) is 0. The summed E-state index contributed by atoms with van der Waals surface area (Å²) in [6, 6.07) is 10.7. The van der Waals surface area contributed by atoms with E-state index in [1.54, 1.807) is 25.1 Å². The van der Waals surface area contributed by atoms with E-state index in [0.717, 1.165) is 11.6 Å². The average molecular weight is 422 g/mol. The third kappa shape index (κ3) is 3.73. The molecule has 4 N–H and O–H groups in total. The fourth-order valence-electron chi connectivity index (χ4n) is 3.46. The van der Waals surface area contributed by atoms with Crippen LogP contribution in [0, 0.1) is 26.5 Å². The van der Waals surface area contributed by atoms with Gasteiger partial charge in [-0.3, -0.25) is 9.20 Å². The van der Waals surface area contributed by atoms with Crippen LogP contribution in [0.5, 0.6) is 0 Å². The summed E-state index contributed by atoms with van der Waals surface area (Å²) in [4.78, 5) is 20.7. The molecule has 2 heterocycles. The lowest BCUT2D eigenvalue weighted by molar-refractivity contribution is -0.124. The Balaban J connectivity index is 1.71. The molecule has 4 aromatic rings. The molecule has 0 bridgehead atoms. The van der Waals surface area contributed by atoms with E-state index in [2.05, 4.69) is 15.3 Å². The second-order valence-corrected chi connectivity index (χ2v) is 7.25. The maximum atomic E-state index is 15.2. The Morgan fingerprint density at radius 2 is 2.10 bits per heavy atom. The minimum atomic E-state index is -2.57. The van der Waals surface area contributed by atoms with Crippen LogP contribution < -0.4 is 11.1 Å². The van der Waals surface area contributed by atoms with E-state index >= 15 is 4.39 Å². The van der Waals surface area contributed by atoms with Gasteiger partial charge in [-0.05, 0) is 44.5 Å². The zero-order chi connectivity index (χ0) is 24.8. The standard InChI is InChI=1S/C23H22FN5O2/c1-12-5-4-6-15(9-12)21(30)23(31)28-16-7-8-17(18(24)10-16)19-20-22(25)26-11-13(2)29(20)14(3)27-19/h4-11,21,30H,1-3H3,(H2,25,26)(H,28,31)/t21-/m1/s1/i3D3. The molecule has 7 nitrogen and oxygen atoms in total. The highest BCUT2D eigenvalue weighted by Gasteiger charge is 2.21. The number of nitrogens with zero attached hydrogens (tertiary/aromatic N) is 3. The second kappa shape index (κ2) is 7.81. The van der Waals surface area contributed by atoms with E-state index in [4.69, 9.17) is 9.85 Å². The Morgan fingerprint density at radius 3 is 2.81 bits per heavy atom. The number of aromatic nitrogens is 3. The first-order chi connectivity index (χ1) is 16.0. The van der Waals surface area contributed by atoms with Crippen molar-refractivity contribution in [3.05, 3.63) is 77.1 Å². The highest BCUT2D eigenvalue weighted by molar-refractivity contribution is 5.95. The molecule has 1 amide bonds. The number of nitrogen functional groups attached to an aromatic ring is 1. The number of anilines is 2. The first-order valence-corrected chi connectivity index (χ1v) is 9.47. The Hall–Kier alpha value is -3.78. The number of halogens is 1. The average Bonchev–Trinajstić information content (AvgIpc) is 3.18. The minimum Gasteiger partial charge on any atom is -0.382 e. The number of nitrogens with two attached hydrogens (primary N) is 1. The molecular formula is C23H22FN5O2. The summed E-state index contributed by atoms with van der Waals surface area (Å²) in [5.74, 6) is -1.75. The molecule has 0 aliphatic rings. The number of amides is 1. The van der Waals surface area contributed by atoms with E-state index in [1.165, 1.54) is 22.7 Å². The van der Waals surface area contributed by atoms with Crippen molar-refractivity contribution in [3.8, 4) is 11.3 Å². The molecule has 1 atom stereocenters. The van der Waals surface area contributed by atoms with Gasteiger partial charge in [0.2, 0.25) is 0 Å². The number of imidazole rings is 1. The van der Waals surface area contributed by atoms with Crippen molar-refractivity contribution in [1.29, 1.82) is 0 Å². The molecule has 0 spiro atoms. The van der Waals surface area contributed by atoms with E-state index in [0.29, 0.717) is 11.3 Å². The van der Waals surface area contributed by atoms with Crippen molar-refractivity contribution in [2.24, 2.45) is 0 Å². The summed E-state index contributed by atoms with van der Waals surface area (Å²) in [6.07, 6.45) is -0.0206. The van der Waals surface area contributed by atoms with Crippen LogP contribution in [0.3, 0.4) is 0 Å². The maximum Gasteiger partial charge on any atom is 0.257 e. The number of aliphatic hydroxyl groups excluding tert-OH is 1. The third-order valence-corrected chi connectivity index (χ3v) is 4.96. The molecule has 0 unspecified atom stereocenters. The number of carbonyl (C=O) groups is 1. The lowest BCUT2D eigenvalue weighted by Gasteiger charge is -2.13. The van der Waals surface area contributed by atoms with Gasteiger partial charge in [0.25, 0.3) is 5.91 Å². The molecule has 0 saturated carbocycles. The van der Waals surface area contributed by atoms with Gasteiger partial charge in [0.1, 0.15) is 28.7 Å². The van der Waals surface area contributed by atoms with Gasteiger partial charge >= 0.3 is 0 Å². The van der Waals surface area contributed by atoms with Crippen molar-refractivity contribution in [3.63, 3.8) is 0 Å². The number of hydrogen-bond acceptors (Lipinski definition) is 5. The van der Waals surface area contributed by atoms with Gasteiger partial charge in [0, 0.05) is 27.3 Å². The highest BCUT2D eigenvalue weighted by Crippen LogP contribution is 2.32. The first kappa shape index (κ1) is 17.0. The number of benzene rings is 2. The Bertz CT molecular complexity index is 1420. The van der Waals surface area contributed by atoms with Crippen molar-refractivity contribution >= 4 is 22.9 Å². The number of rotatable bonds is 4. The predicted octanol–water partition coefficient (Wildman–Crippen LogP) is 3.71. The molecule has 4 rings (SSSR count). The lowest BCUT2D eigenvalue weighted by Crippen LogP contribution is -2.21. The molecular weight excluding hydrogens is 397 g/mol. The van der Waals surface area contributed by atoms with Crippen molar-refractivity contribution in [1.82, 2.24) is 14.4 Å². The number of aryl methyl sites for hydroxylation is 3. The van der Waals surface area contributed by atoms with Crippen LogP contribution in [0.25, 0.3) is 16.8 Å². The zero-order valence-corrected chi connectivity index (χ0v) is 16.8. The first-order valence-electron chi connectivity index (χ1n) is 11.0. The largest absolute Gasteiger partial charge is 0.382 e. The van der Waals surface area contributed by atoms with Crippen LogP contribution in [0.15, 0.2) is 48.7 Å². The Kier molecular flexibility index (Phi) is 4.27. The Morgan fingerprint density at radius 1 is 1.29 bits per heavy atom. The van der Waals surface area contributed by atoms with Gasteiger partial charge in [0.15, 0.2) is 6.10 Å². The molecule has 0 saturated heterocycles. The highest BCUT2D eigenvalue weighted by atomic mass is 19.1. The van der Waals surface area contributed by atoms with E-state index < -0.39 is 24.7 Å². The molecule has 0 fully saturated rings. The van der Waals surface area contributed by atoms with Gasteiger partial charge < -0.3 is 16.2 Å². The minimum absolute atomic E-state index is 0.00153. The molecule has 0 radical (unpaired) electrons. The van der Waals surface area contributed by atoms with Crippen LogP contribution in [0.1, 0.15) is 32.9 Å². The normalized spacial score (nSPS) is 14.0. The van der Waals surface area contributed by atoms with Crippen LogP contribution >= 0.6 is 0 Å². The summed E-state index contributed by atoms with van der Waals surface area (Å²) in [5, 5.41) is 12.8. The monoisotopic (exact) mass is 422 g/mol. The third-order valence-electron chi connectivity index (χ3n) is 4.96. The second-order valence-electron chi connectivity index (χ2n) is 7.25. The predicted molar refractivity (Wildman–Crippen MR) is 117 cm³/mol. The lowest BCUT2D eigenvalue weighted by atomic mass is 10.1. The number of fused-ring (bicyclic) bond motifs is 1. The van der Waals surface area contributed by atoms with Crippen molar-refractivity contribution in [2.45, 2.75) is 26.8 Å². The molecule has 0 aliphatic carbocycles. The van der Waals surface area contributed by atoms with Crippen LogP contribution in [0.4, 0.5) is 15.9 Å². The molecule has 31 heavy (non-hydrogen) atoms. The van der Waals surface area contributed by atoms with Gasteiger partial charge in [-0.15, -0.1) is 0 Å². The van der Waals surface area contributed by atoms with Crippen LogP contribution in [-0.4, -0.2) is 25.4 Å². The van der Waals surface area contributed by atoms with E-state index in [9.17, 15) is 9.90 Å². The van der Waals surface area contributed by atoms with Crippen LogP contribution in [0.2, 0.25) is 0 Å². The van der Waals surface area contributed by atoms with Gasteiger partial charge in [0.05, 0.1) is 0 Å². The van der Waals surface area contributed by atoms with E-state index in [-0.39, 0.29) is 34.1 Å². The smallest absolute Gasteiger partial charge is 0.257 e. The summed E-state index contributed by atoms with van der Waals surface area (Å²) in [5.41, 5.74) is 8.07. The zero-order valence-electron chi connectivity index (χ0n) is 19.8. The maximum absolute atomic E-state index is 15.2. The fraction of sp³-hybridized carbons (Fsp3) is 0.174. The van der Waals surface area contributed by atoms with E-state index in [1.807, 2.05) is 13.0 Å². The summed E-state index contributed by atoms with van der Waals surface area (Å²) >= 11 is 0. The summed E-state index contributed by atoms with van der Waals surface area (Å²) in [6.45, 7) is 0.911. The number of aliphatic hydroxyl groups is 1.